The zero-order valence-electron chi connectivity index (χ0n) is 20.4. The van der Waals surface area contributed by atoms with Crippen molar-refractivity contribution in [3.8, 4) is 0 Å². The number of carbonyl (C=O) groups is 1. The number of halogens is 3. The third kappa shape index (κ3) is 5.22. The molecule has 2 aromatic carbocycles. The Labute approximate surface area is 204 Å². The van der Waals surface area contributed by atoms with E-state index in [2.05, 4.69) is 22.0 Å². The summed E-state index contributed by atoms with van der Waals surface area (Å²) >= 11 is 0. The Balaban J connectivity index is 1.69. The molecule has 0 spiro atoms. The minimum atomic E-state index is -0.647. The molecule has 2 heterocycles. The van der Waals surface area contributed by atoms with Gasteiger partial charge in [0.25, 0.3) is 5.91 Å². The number of carbonyl (C=O) groups excluding carboxylic acids is 1. The summed E-state index contributed by atoms with van der Waals surface area (Å²) in [7, 11) is 0. The first kappa shape index (κ1) is 24.9. The summed E-state index contributed by atoms with van der Waals surface area (Å²) < 4.78 is 44.0. The van der Waals surface area contributed by atoms with Crippen molar-refractivity contribution >= 4 is 11.6 Å². The van der Waals surface area contributed by atoms with Crippen LogP contribution in [0.3, 0.4) is 0 Å². The Kier molecular flexibility index (Phi) is 7.50. The predicted molar refractivity (Wildman–Crippen MR) is 131 cm³/mol. The zero-order valence-corrected chi connectivity index (χ0v) is 20.4. The monoisotopic (exact) mass is 484 g/mol. The highest BCUT2D eigenvalue weighted by atomic mass is 19.1. The Bertz CT molecular complexity index is 1180. The number of hydrogen-bond donors (Lipinski definition) is 1. The van der Waals surface area contributed by atoms with Crippen LogP contribution < -0.4 is 10.2 Å². The first-order valence-corrected chi connectivity index (χ1v) is 11.9. The van der Waals surface area contributed by atoms with Gasteiger partial charge >= 0.3 is 0 Å². The van der Waals surface area contributed by atoms with E-state index in [9.17, 15) is 18.0 Å². The Hall–Kier alpha value is -3.26. The second-order valence-corrected chi connectivity index (χ2v) is 8.92. The lowest BCUT2D eigenvalue weighted by Crippen LogP contribution is -2.46. The third-order valence-electron chi connectivity index (χ3n) is 6.82. The van der Waals surface area contributed by atoms with Gasteiger partial charge in [0.05, 0.1) is 12.2 Å². The average Bonchev–Trinajstić information content (AvgIpc) is 3.10. The van der Waals surface area contributed by atoms with Crippen LogP contribution in [0, 0.1) is 31.3 Å². The third-order valence-corrected chi connectivity index (χ3v) is 6.82. The number of benzene rings is 2. The quantitative estimate of drug-likeness (QED) is 0.531. The fourth-order valence-corrected chi connectivity index (χ4v) is 4.84. The molecule has 0 atom stereocenters. The molecular weight excluding hydrogens is 453 g/mol. The molecule has 5 nitrogen and oxygen atoms in total. The van der Waals surface area contributed by atoms with Crippen LogP contribution in [-0.4, -0.2) is 48.1 Å². The van der Waals surface area contributed by atoms with Crippen LogP contribution in [0.25, 0.3) is 0 Å². The van der Waals surface area contributed by atoms with Crippen molar-refractivity contribution in [2.45, 2.75) is 33.9 Å². The molecule has 3 aromatic rings. The van der Waals surface area contributed by atoms with Gasteiger partial charge < -0.3 is 19.7 Å². The molecule has 1 aliphatic rings. The fraction of sp³-hybridized carbons (Fsp3) is 0.370. The maximum atomic E-state index is 14.5. The summed E-state index contributed by atoms with van der Waals surface area (Å²) in [5, 5.41) is 2.89. The van der Waals surface area contributed by atoms with Crippen LogP contribution in [-0.2, 0) is 13.1 Å². The van der Waals surface area contributed by atoms with Gasteiger partial charge in [0.2, 0.25) is 0 Å². The smallest absolute Gasteiger partial charge is 0.268 e. The van der Waals surface area contributed by atoms with Crippen molar-refractivity contribution < 1.29 is 18.0 Å². The molecular formula is C27H31F3N4O. The number of amides is 1. The fourth-order valence-electron chi connectivity index (χ4n) is 4.84. The molecule has 1 amide bonds. The molecule has 35 heavy (non-hydrogen) atoms. The van der Waals surface area contributed by atoms with E-state index in [4.69, 9.17) is 0 Å². The molecule has 1 aliphatic heterocycles. The predicted octanol–water partition coefficient (Wildman–Crippen LogP) is 4.64. The molecule has 1 saturated heterocycles. The number of anilines is 1. The molecule has 0 aliphatic carbocycles. The van der Waals surface area contributed by atoms with Crippen LogP contribution in [0.2, 0.25) is 0 Å². The number of nitrogens with one attached hydrogen (secondary N) is 1. The molecule has 0 unspecified atom stereocenters. The highest BCUT2D eigenvalue weighted by molar-refractivity contribution is 5.96. The van der Waals surface area contributed by atoms with E-state index in [1.165, 1.54) is 30.3 Å². The second kappa shape index (κ2) is 10.6. The van der Waals surface area contributed by atoms with Gasteiger partial charge in [0.15, 0.2) is 0 Å². The summed E-state index contributed by atoms with van der Waals surface area (Å²) in [5.41, 5.74) is 3.55. The highest BCUT2D eigenvalue weighted by Gasteiger charge is 2.28. The number of piperazine rings is 1. The van der Waals surface area contributed by atoms with Crippen LogP contribution in [0.15, 0.2) is 42.5 Å². The largest absolute Gasteiger partial charge is 0.367 e. The molecule has 1 aromatic heterocycles. The number of hydrogen-bond acceptors (Lipinski definition) is 3. The summed E-state index contributed by atoms with van der Waals surface area (Å²) in [4.78, 5) is 18.0. The van der Waals surface area contributed by atoms with Gasteiger partial charge in [-0.1, -0.05) is 25.1 Å². The minimum Gasteiger partial charge on any atom is -0.367 e. The highest BCUT2D eigenvalue weighted by Crippen LogP contribution is 2.33. The minimum absolute atomic E-state index is 0.0828. The molecule has 8 heteroatoms. The van der Waals surface area contributed by atoms with Gasteiger partial charge in [-0.25, -0.2) is 13.2 Å². The summed E-state index contributed by atoms with van der Waals surface area (Å²) in [6.07, 6.45) is 0. The van der Waals surface area contributed by atoms with Gasteiger partial charge in [-0.2, -0.15) is 0 Å². The number of rotatable bonds is 7. The van der Waals surface area contributed by atoms with Crippen molar-refractivity contribution in [3.05, 3.63) is 88.0 Å². The lowest BCUT2D eigenvalue weighted by atomic mass is 10.1. The average molecular weight is 485 g/mol. The number of nitrogens with zero attached hydrogens (tertiary/aromatic N) is 3. The van der Waals surface area contributed by atoms with E-state index in [1.54, 1.807) is 16.7 Å². The molecule has 0 bridgehead atoms. The summed E-state index contributed by atoms with van der Waals surface area (Å²) in [5.74, 6) is -1.98. The number of likely N-dealkylation sites (N-methyl/N-ethyl adjacent to an activating group) is 1. The molecule has 1 fully saturated rings. The van der Waals surface area contributed by atoms with Gasteiger partial charge in [0, 0.05) is 49.5 Å². The second-order valence-electron chi connectivity index (χ2n) is 8.92. The first-order chi connectivity index (χ1) is 16.8. The summed E-state index contributed by atoms with van der Waals surface area (Å²) in [6, 6.07) is 9.69. The topological polar surface area (TPSA) is 40.5 Å². The van der Waals surface area contributed by atoms with Gasteiger partial charge in [-0.3, -0.25) is 4.79 Å². The normalized spacial score (nSPS) is 14.4. The standard InChI is InChI=1S/C27H31F3N4O/c1-4-32-12-14-33(15-13-32)25-18(2)26(27(35)31-16-20-8-10-21(28)11-9-20)34(19(25)3)17-22-23(29)6-5-7-24(22)30/h5-11H,4,12-17H2,1-3H3,(H,31,35). The summed E-state index contributed by atoms with van der Waals surface area (Å²) in [6.45, 7) is 10.4. The lowest BCUT2D eigenvalue weighted by Gasteiger charge is -2.36. The van der Waals surface area contributed by atoms with Crippen LogP contribution in [0.1, 0.15) is 39.8 Å². The molecule has 4 rings (SSSR count). The van der Waals surface area contributed by atoms with Crippen molar-refractivity contribution in [1.29, 1.82) is 0 Å². The maximum Gasteiger partial charge on any atom is 0.268 e. The molecule has 0 saturated carbocycles. The van der Waals surface area contributed by atoms with Gasteiger partial charge in [0.1, 0.15) is 23.1 Å². The SMILES string of the molecule is CCN1CCN(c2c(C)c(C(=O)NCc3ccc(F)cc3)n(Cc3c(F)cccc3F)c2C)CC1. The first-order valence-electron chi connectivity index (χ1n) is 11.9. The van der Waals surface area contributed by atoms with Crippen LogP contribution in [0.5, 0.6) is 0 Å². The Morgan fingerprint density at radius 1 is 0.943 bits per heavy atom. The van der Waals surface area contributed by atoms with E-state index in [1.807, 2.05) is 13.8 Å². The number of aromatic nitrogens is 1. The molecule has 0 radical (unpaired) electrons. The molecule has 1 N–H and O–H groups in total. The van der Waals surface area contributed by atoms with Crippen LogP contribution in [0.4, 0.5) is 18.9 Å². The van der Waals surface area contributed by atoms with Crippen molar-refractivity contribution in [2.75, 3.05) is 37.6 Å². The van der Waals surface area contributed by atoms with Crippen LogP contribution >= 0.6 is 0 Å². The van der Waals surface area contributed by atoms with Gasteiger partial charge in [-0.05, 0) is 50.2 Å². The maximum absolute atomic E-state index is 14.5. The van der Waals surface area contributed by atoms with E-state index < -0.39 is 11.6 Å². The molecule has 186 valence electrons. The Morgan fingerprint density at radius 2 is 1.57 bits per heavy atom. The van der Waals surface area contributed by atoms with Crippen molar-refractivity contribution in [2.24, 2.45) is 0 Å². The van der Waals surface area contributed by atoms with E-state index in [0.717, 1.165) is 55.2 Å². The lowest BCUT2D eigenvalue weighted by molar-refractivity contribution is 0.0941. The Morgan fingerprint density at radius 3 is 2.17 bits per heavy atom. The zero-order chi connectivity index (χ0) is 25.1. The van der Waals surface area contributed by atoms with Gasteiger partial charge in [-0.15, -0.1) is 0 Å². The van der Waals surface area contributed by atoms with E-state index in [0.29, 0.717) is 5.69 Å². The van der Waals surface area contributed by atoms with E-state index >= 15 is 0 Å². The van der Waals surface area contributed by atoms with Crippen molar-refractivity contribution in [3.63, 3.8) is 0 Å². The van der Waals surface area contributed by atoms with E-state index in [-0.39, 0.29) is 30.4 Å². The van der Waals surface area contributed by atoms with Crippen molar-refractivity contribution in [1.82, 2.24) is 14.8 Å².